The predicted molar refractivity (Wildman–Crippen MR) is 71.9 cm³/mol. The van der Waals surface area contributed by atoms with Crippen LogP contribution in [0.5, 0.6) is 0 Å². The highest BCUT2D eigenvalue weighted by Crippen LogP contribution is 2.36. The number of hydrogen-bond donors (Lipinski definition) is 1. The first kappa shape index (κ1) is 12.1. The summed E-state index contributed by atoms with van der Waals surface area (Å²) in [5, 5.41) is 5.95. The van der Waals surface area contributed by atoms with Crippen molar-refractivity contribution in [3.63, 3.8) is 0 Å². The maximum Gasteiger partial charge on any atom is 0.0388 e. The molecular formula is C14H23NS. The number of rotatable bonds is 3. The molecule has 0 amide bonds. The van der Waals surface area contributed by atoms with Crippen LogP contribution in [-0.2, 0) is 0 Å². The summed E-state index contributed by atoms with van der Waals surface area (Å²) in [4.78, 5) is 1.46. The molecule has 2 heteroatoms. The minimum Gasteiger partial charge on any atom is -0.307 e. The molecule has 0 spiro atoms. The van der Waals surface area contributed by atoms with E-state index in [9.17, 15) is 0 Å². The number of nitrogens with one attached hydrogen (secondary N) is 1. The second-order valence-corrected chi connectivity index (χ2v) is 6.84. The van der Waals surface area contributed by atoms with E-state index in [0.717, 1.165) is 0 Å². The molecule has 0 saturated heterocycles. The Balaban J connectivity index is 1.90. The van der Waals surface area contributed by atoms with E-state index in [1.807, 2.05) is 11.3 Å². The van der Waals surface area contributed by atoms with Crippen LogP contribution in [-0.4, -0.2) is 6.04 Å². The fraction of sp³-hybridized carbons (Fsp3) is 0.714. The van der Waals surface area contributed by atoms with Gasteiger partial charge in [-0.25, -0.2) is 0 Å². The molecule has 0 aromatic carbocycles. The van der Waals surface area contributed by atoms with Crippen molar-refractivity contribution >= 4 is 11.3 Å². The van der Waals surface area contributed by atoms with Gasteiger partial charge in [0.05, 0.1) is 0 Å². The quantitative estimate of drug-likeness (QED) is 0.823. The minimum atomic E-state index is 0.513. The lowest BCUT2D eigenvalue weighted by molar-refractivity contribution is 0.191. The molecule has 90 valence electrons. The highest BCUT2D eigenvalue weighted by atomic mass is 32.1. The Hall–Kier alpha value is -0.340. The average Bonchev–Trinajstić information content (AvgIpc) is 2.68. The third kappa shape index (κ3) is 3.08. The van der Waals surface area contributed by atoms with Gasteiger partial charge in [-0.2, -0.15) is 0 Å². The normalized spacial score (nSPS) is 26.6. The van der Waals surface area contributed by atoms with Crippen molar-refractivity contribution in [1.29, 1.82) is 0 Å². The van der Waals surface area contributed by atoms with Gasteiger partial charge >= 0.3 is 0 Å². The molecule has 2 rings (SSSR count). The van der Waals surface area contributed by atoms with Gasteiger partial charge in [0.25, 0.3) is 0 Å². The summed E-state index contributed by atoms with van der Waals surface area (Å²) in [6.07, 6.45) is 5.43. The highest BCUT2D eigenvalue weighted by Gasteiger charge is 2.28. The highest BCUT2D eigenvalue weighted by molar-refractivity contribution is 7.10. The summed E-state index contributed by atoms with van der Waals surface area (Å²) in [5.41, 5.74) is 0.533. The Morgan fingerprint density at radius 2 is 2.31 bits per heavy atom. The Morgan fingerprint density at radius 3 is 2.94 bits per heavy atom. The Bertz CT molecular complexity index is 315. The first-order chi connectivity index (χ1) is 7.57. The van der Waals surface area contributed by atoms with Gasteiger partial charge in [0, 0.05) is 17.0 Å². The van der Waals surface area contributed by atoms with Crippen LogP contribution in [0.1, 0.15) is 57.4 Å². The van der Waals surface area contributed by atoms with Gasteiger partial charge in [0.15, 0.2) is 0 Å². The van der Waals surface area contributed by atoms with Gasteiger partial charge in [0.2, 0.25) is 0 Å². The molecule has 16 heavy (non-hydrogen) atoms. The fourth-order valence-electron chi connectivity index (χ4n) is 2.81. The van der Waals surface area contributed by atoms with Gasteiger partial charge in [-0.1, -0.05) is 26.3 Å². The molecule has 1 unspecified atom stereocenters. The Labute approximate surface area is 103 Å². The van der Waals surface area contributed by atoms with Crippen molar-refractivity contribution in [1.82, 2.24) is 5.32 Å². The van der Waals surface area contributed by atoms with E-state index in [1.54, 1.807) is 0 Å². The monoisotopic (exact) mass is 237 g/mol. The van der Waals surface area contributed by atoms with E-state index >= 15 is 0 Å². The molecular weight excluding hydrogens is 214 g/mol. The lowest BCUT2D eigenvalue weighted by atomic mass is 9.75. The molecule has 1 N–H and O–H groups in total. The zero-order valence-electron chi connectivity index (χ0n) is 10.6. The van der Waals surface area contributed by atoms with Crippen molar-refractivity contribution in [3.8, 4) is 0 Å². The topological polar surface area (TPSA) is 12.0 Å². The summed E-state index contributed by atoms with van der Waals surface area (Å²) in [6, 6.07) is 5.60. The van der Waals surface area contributed by atoms with Gasteiger partial charge in [0.1, 0.15) is 0 Å². The maximum absolute atomic E-state index is 3.79. The van der Waals surface area contributed by atoms with Crippen LogP contribution in [0.25, 0.3) is 0 Å². The average molecular weight is 237 g/mol. The van der Waals surface area contributed by atoms with E-state index < -0.39 is 0 Å². The van der Waals surface area contributed by atoms with Gasteiger partial charge in [-0.15, -0.1) is 11.3 Å². The molecule has 0 bridgehead atoms. The van der Waals surface area contributed by atoms with Gasteiger partial charge in [-0.05, 0) is 43.0 Å². The lowest BCUT2D eigenvalue weighted by Gasteiger charge is -2.36. The van der Waals surface area contributed by atoms with Crippen LogP contribution in [0, 0.1) is 5.41 Å². The van der Waals surface area contributed by atoms with E-state index in [-0.39, 0.29) is 0 Å². The second kappa shape index (κ2) is 4.89. The Morgan fingerprint density at radius 1 is 1.50 bits per heavy atom. The summed E-state index contributed by atoms with van der Waals surface area (Å²) in [7, 11) is 0. The maximum atomic E-state index is 3.79. The molecule has 0 aliphatic heterocycles. The van der Waals surface area contributed by atoms with Crippen molar-refractivity contribution in [2.24, 2.45) is 5.41 Å². The zero-order chi connectivity index (χ0) is 11.6. The van der Waals surface area contributed by atoms with Crippen LogP contribution in [0.3, 0.4) is 0 Å². The predicted octanol–water partition coefficient (Wildman–Crippen LogP) is 4.37. The molecule has 1 heterocycles. The van der Waals surface area contributed by atoms with E-state index in [1.165, 1.54) is 30.6 Å². The molecule has 1 aliphatic carbocycles. The Kier molecular flexibility index (Phi) is 3.70. The SMILES string of the molecule is C[C@H](NC1CCCC(C)(C)C1)c1cccs1. The first-order valence-corrected chi connectivity index (χ1v) is 7.24. The number of hydrogen-bond acceptors (Lipinski definition) is 2. The molecule has 1 aliphatic rings. The van der Waals surface area contributed by atoms with Crippen LogP contribution in [0.2, 0.25) is 0 Å². The number of thiophene rings is 1. The van der Waals surface area contributed by atoms with Crippen molar-refractivity contribution in [2.45, 2.75) is 58.5 Å². The van der Waals surface area contributed by atoms with Crippen LogP contribution >= 0.6 is 11.3 Å². The van der Waals surface area contributed by atoms with Crippen molar-refractivity contribution in [3.05, 3.63) is 22.4 Å². The third-order valence-electron chi connectivity index (χ3n) is 3.66. The molecule has 1 nitrogen and oxygen atoms in total. The summed E-state index contributed by atoms with van der Waals surface area (Å²) in [6.45, 7) is 7.08. The second-order valence-electron chi connectivity index (χ2n) is 5.86. The van der Waals surface area contributed by atoms with Crippen molar-refractivity contribution < 1.29 is 0 Å². The molecule has 1 fully saturated rings. The third-order valence-corrected chi connectivity index (χ3v) is 4.72. The van der Waals surface area contributed by atoms with Crippen LogP contribution < -0.4 is 5.32 Å². The van der Waals surface area contributed by atoms with E-state index in [0.29, 0.717) is 17.5 Å². The van der Waals surface area contributed by atoms with E-state index in [4.69, 9.17) is 0 Å². The standard InChI is InChI=1S/C14H23NS/c1-11(13-7-5-9-16-13)15-12-6-4-8-14(2,3)10-12/h5,7,9,11-12,15H,4,6,8,10H2,1-3H3/t11-,12?/m0/s1. The largest absolute Gasteiger partial charge is 0.307 e. The lowest BCUT2D eigenvalue weighted by Crippen LogP contribution is -2.38. The smallest absolute Gasteiger partial charge is 0.0388 e. The minimum absolute atomic E-state index is 0.513. The zero-order valence-corrected chi connectivity index (χ0v) is 11.4. The fourth-order valence-corrected chi connectivity index (χ4v) is 3.56. The molecule has 0 radical (unpaired) electrons. The van der Waals surface area contributed by atoms with E-state index in [2.05, 4.69) is 43.6 Å². The van der Waals surface area contributed by atoms with Crippen LogP contribution in [0.4, 0.5) is 0 Å². The van der Waals surface area contributed by atoms with Gasteiger partial charge < -0.3 is 5.32 Å². The summed E-state index contributed by atoms with van der Waals surface area (Å²) in [5.74, 6) is 0. The summed E-state index contributed by atoms with van der Waals surface area (Å²) >= 11 is 1.86. The van der Waals surface area contributed by atoms with Crippen LogP contribution in [0.15, 0.2) is 17.5 Å². The van der Waals surface area contributed by atoms with Gasteiger partial charge in [-0.3, -0.25) is 0 Å². The molecule has 1 aromatic heterocycles. The molecule has 1 saturated carbocycles. The summed E-state index contributed by atoms with van der Waals surface area (Å²) < 4.78 is 0. The molecule has 1 aromatic rings. The van der Waals surface area contributed by atoms with Crippen molar-refractivity contribution in [2.75, 3.05) is 0 Å². The first-order valence-electron chi connectivity index (χ1n) is 6.36. The molecule has 2 atom stereocenters.